The van der Waals surface area contributed by atoms with Crippen LogP contribution in [0, 0.1) is 0 Å². The topological polar surface area (TPSA) is 62.6 Å². The van der Waals surface area contributed by atoms with Crippen LogP contribution < -0.4 is 5.32 Å². The molecule has 1 aromatic heterocycles. The molecule has 19 heavy (non-hydrogen) atoms. The van der Waals surface area contributed by atoms with E-state index in [9.17, 15) is 8.42 Å². The highest BCUT2D eigenvalue weighted by atomic mass is 32.2. The molecule has 1 saturated heterocycles. The third-order valence-electron chi connectivity index (χ3n) is 3.70. The van der Waals surface area contributed by atoms with Crippen LogP contribution in [0.4, 0.5) is 0 Å². The van der Waals surface area contributed by atoms with Gasteiger partial charge in [-0.05, 0) is 45.4 Å². The Hall–Kier alpha value is -0.850. The van der Waals surface area contributed by atoms with Crippen molar-refractivity contribution in [2.75, 3.05) is 7.05 Å². The molecule has 0 bridgehead atoms. The second kappa shape index (κ2) is 5.64. The summed E-state index contributed by atoms with van der Waals surface area (Å²) >= 11 is 0. The molecule has 5 nitrogen and oxygen atoms in total. The van der Waals surface area contributed by atoms with Crippen molar-refractivity contribution in [1.82, 2.24) is 9.62 Å². The van der Waals surface area contributed by atoms with Crippen LogP contribution in [0.5, 0.6) is 0 Å². The molecular formula is C13H22N2O3S. The number of hydrogen-bond donors (Lipinski definition) is 1. The number of nitrogens with one attached hydrogen (secondary N) is 1. The van der Waals surface area contributed by atoms with Crippen LogP contribution in [0.1, 0.15) is 38.9 Å². The van der Waals surface area contributed by atoms with Crippen molar-refractivity contribution < 1.29 is 12.8 Å². The van der Waals surface area contributed by atoms with Gasteiger partial charge in [-0.2, -0.15) is 4.31 Å². The van der Waals surface area contributed by atoms with Gasteiger partial charge in [0.15, 0.2) is 0 Å². The normalized spacial score (nSPS) is 25.0. The highest BCUT2D eigenvalue weighted by molar-refractivity contribution is 7.89. The molecule has 1 aromatic rings. The molecule has 6 heteroatoms. The number of furan rings is 1. The van der Waals surface area contributed by atoms with E-state index in [0.29, 0.717) is 12.3 Å². The minimum Gasteiger partial charge on any atom is -0.447 e. The van der Waals surface area contributed by atoms with Gasteiger partial charge in [0.2, 0.25) is 5.09 Å². The van der Waals surface area contributed by atoms with Gasteiger partial charge in [0.05, 0.1) is 6.54 Å². The third-order valence-corrected chi connectivity index (χ3v) is 5.64. The van der Waals surface area contributed by atoms with Crippen molar-refractivity contribution >= 4 is 10.0 Å². The predicted octanol–water partition coefficient (Wildman–Crippen LogP) is 1.95. The fraction of sp³-hybridized carbons (Fsp3) is 0.692. The number of hydrogen-bond acceptors (Lipinski definition) is 4. The van der Waals surface area contributed by atoms with Gasteiger partial charge in [-0.15, -0.1) is 0 Å². The fourth-order valence-corrected chi connectivity index (χ4v) is 4.62. The maximum Gasteiger partial charge on any atom is 0.276 e. The quantitative estimate of drug-likeness (QED) is 0.898. The lowest BCUT2D eigenvalue weighted by molar-refractivity contribution is 0.311. The van der Waals surface area contributed by atoms with Crippen molar-refractivity contribution in [3.05, 3.63) is 17.9 Å². The molecule has 2 heterocycles. The molecule has 2 atom stereocenters. The first-order valence-corrected chi connectivity index (χ1v) is 8.21. The molecule has 1 N–H and O–H groups in total. The van der Waals surface area contributed by atoms with Gasteiger partial charge >= 0.3 is 0 Å². The minimum atomic E-state index is -3.51. The molecule has 2 unspecified atom stereocenters. The molecule has 1 fully saturated rings. The van der Waals surface area contributed by atoms with Crippen LogP contribution >= 0.6 is 0 Å². The van der Waals surface area contributed by atoms with E-state index in [0.717, 1.165) is 19.3 Å². The fourth-order valence-electron chi connectivity index (χ4n) is 2.74. The van der Waals surface area contributed by atoms with Crippen molar-refractivity contribution in [3.8, 4) is 0 Å². The van der Waals surface area contributed by atoms with Gasteiger partial charge < -0.3 is 9.73 Å². The summed E-state index contributed by atoms with van der Waals surface area (Å²) in [7, 11) is -1.71. The Labute approximate surface area is 115 Å². The third kappa shape index (κ3) is 2.70. The number of nitrogens with zero attached hydrogens (tertiary/aromatic N) is 1. The van der Waals surface area contributed by atoms with Crippen molar-refractivity contribution in [2.45, 2.75) is 56.8 Å². The Morgan fingerprint density at radius 1 is 1.42 bits per heavy atom. The van der Waals surface area contributed by atoms with Gasteiger partial charge in [0.1, 0.15) is 5.76 Å². The largest absolute Gasteiger partial charge is 0.447 e. The smallest absolute Gasteiger partial charge is 0.276 e. The van der Waals surface area contributed by atoms with E-state index in [2.05, 4.69) is 5.32 Å². The molecule has 108 valence electrons. The monoisotopic (exact) mass is 286 g/mol. The molecule has 0 radical (unpaired) electrons. The lowest BCUT2D eigenvalue weighted by Gasteiger charge is -2.25. The Morgan fingerprint density at radius 3 is 2.79 bits per heavy atom. The van der Waals surface area contributed by atoms with Crippen LogP contribution in [0.15, 0.2) is 21.6 Å². The van der Waals surface area contributed by atoms with Crippen LogP contribution in [0.3, 0.4) is 0 Å². The number of sulfonamides is 1. The van der Waals surface area contributed by atoms with Crippen LogP contribution in [0.2, 0.25) is 0 Å². The minimum absolute atomic E-state index is 0.0489. The molecule has 0 saturated carbocycles. The lowest BCUT2D eigenvalue weighted by atomic mass is 10.2. The summed E-state index contributed by atoms with van der Waals surface area (Å²) in [5.74, 6) is 0.640. The average Bonchev–Trinajstić information content (AvgIpc) is 2.96. The first-order valence-electron chi connectivity index (χ1n) is 6.77. The summed E-state index contributed by atoms with van der Waals surface area (Å²) in [5, 5.41) is 3.00. The van der Waals surface area contributed by atoms with E-state index < -0.39 is 10.0 Å². The van der Waals surface area contributed by atoms with E-state index >= 15 is 0 Å². The van der Waals surface area contributed by atoms with Crippen molar-refractivity contribution in [1.29, 1.82) is 0 Å². The zero-order valence-corrected chi connectivity index (χ0v) is 12.5. The van der Waals surface area contributed by atoms with E-state index in [1.54, 1.807) is 23.5 Å². The molecule has 1 aliphatic heterocycles. The summed E-state index contributed by atoms with van der Waals surface area (Å²) < 4.78 is 32.4. The molecular weight excluding hydrogens is 264 g/mol. The van der Waals surface area contributed by atoms with Gasteiger partial charge in [-0.25, -0.2) is 8.42 Å². The van der Waals surface area contributed by atoms with Crippen LogP contribution in [0.25, 0.3) is 0 Å². The lowest BCUT2D eigenvalue weighted by Crippen LogP contribution is -2.39. The van der Waals surface area contributed by atoms with Gasteiger partial charge in [-0.1, -0.05) is 6.92 Å². The molecule has 1 aliphatic rings. The standard InChI is InChI=1S/C13H22N2O3S/c1-4-11-6-5-10(2)15(11)19(16,17)13-8-7-12(18-13)9-14-3/h7-8,10-11,14H,4-6,9H2,1-3H3. The Kier molecular flexibility index (Phi) is 4.32. The summed E-state index contributed by atoms with van der Waals surface area (Å²) in [5.41, 5.74) is 0. The van der Waals surface area contributed by atoms with E-state index in [-0.39, 0.29) is 17.2 Å². The maximum atomic E-state index is 12.6. The summed E-state index contributed by atoms with van der Waals surface area (Å²) in [4.78, 5) is 0. The molecule has 2 rings (SSSR count). The Balaban J connectivity index is 2.30. The van der Waals surface area contributed by atoms with Gasteiger partial charge in [0, 0.05) is 12.1 Å². The molecule has 0 aromatic carbocycles. The molecule has 0 spiro atoms. The van der Waals surface area contributed by atoms with Crippen LogP contribution in [-0.2, 0) is 16.6 Å². The first kappa shape index (κ1) is 14.6. The number of rotatable bonds is 5. The van der Waals surface area contributed by atoms with E-state index in [4.69, 9.17) is 4.42 Å². The maximum absolute atomic E-state index is 12.6. The second-order valence-corrected chi connectivity index (χ2v) is 6.85. The second-order valence-electron chi connectivity index (χ2n) is 5.07. The molecule has 0 amide bonds. The van der Waals surface area contributed by atoms with E-state index in [1.165, 1.54) is 0 Å². The van der Waals surface area contributed by atoms with Crippen molar-refractivity contribution in [2.24, 2.45) is 0 Å². The predicted molar refractivity (Wildman–Crippen MR) is 73.3 cm³/mol. The SMILES string of the molecule is CCC1CCC(C)N1S(=O)(=O)c1ccc(CNC)o1. The highest BCUT2D eigenvalue weighted by Crippen LogP contribution is 2.32. The van der Waals surface area contributed by atoms with Gasteiger partial charge in [-0.3, -0.25) is 0 Å². The van der Waals surface area contributed by atoms with Gasteiger partial charge in [0.25, 0.3) is 10.0 Å². The summed E-state index contributed by atoms with van der Waals surface area (Å²) in [6.45, 7) is 4.52. The Bertz CT molecular complexity index is 524. The van der Waals surface area contributed by atoms with Crippen LogP contribution in [-0.4, -0.2) is 31.9 Å². The zero-order valence-electron chi connectivity index (χ0n) is 11.7. The van der Waals surface area contributed by atoms with Crippen molar-refractivity contribution in [3.63, 3.8) is 0 Å². The summed E-state index contributed by atoms with van der Waals surface area (Å²) in [6.07, 6.45) is 2.69. The Morgan fingerprint density at radius 2 is 2.16 bits per heavy atom. The highest BCUT2D eigenvalue weighted by Gasteiger charge is 2.40. The summed E-state index contributed by atoms with van der Waals surface area (Å²) in [6, 6.07) is 3.41. The molecule has 0 aliphatic carbocycles. The zero-order chi connectivity index (χ0) is 14.0. The van der Waals surface area contributed by atoms with E-state index in [1.807, 2.05) is 13.8 Å². The average molecular weight is 286 g/mol. The first-order chi connectivity index (χ1) is 9.00.